The molecule has 2 aliphatic heterocycles. The standard InChI is InChI=1S/C17H28N4O/c1-12(2)14-10-15(20-19-14)17(22)18-11-13-6-5-9-21-8-4-3-7-16(13)21/h10,12-13,16H,3-9,11H2,1-2H3,(H,18,22)(H,19,20)/t13-,16-/m1/s1. The van der Waals surface area contributed by atoms with Crippen molar-refractivity contribution in [3.63, 3.8) is 0 Å². The van der Waals surface area contributed by atoms with Crippen LogP contribution in [0.5, 0.6) is 0 Å². The Hall–Kier alpha value is -1.36. The number of nitrogens with zero attached hydrogens (tertiary/aromatic N) is 2. The summed E-state index contributed by atoms with van der Waals surface area (Å²) < 4.78 is 0. The van der Waals surface area contributed by atoms with Crippen molar-refractivity contribution in [2.75, 3.05) is 19.6 Å². The van der Waals surface area contributed by atoms with Gasteiger partial charge in [-0.1, -0.05) is 20.3 Å². The number of piperidine rings is 2. The van der Waals surface area contributed by atoms with Crippen LogP contribution in [0.25, 0.3) is 0 Å². The van der Waals surface area contributed by atoms with Gasteiger partial charge in [-0.3, -0.25) is 9.89 Å². The van der Waals surface area contributed by atoms with Gasteiger partial charge in [-0.05, 0) is 56.7 Å². The normalized spacial score (nSPS) is 26.0. The number of fused-ring (bicyclic) bond motifs is 1. The number of carbonyl (C=O) groups excluding carboxylic acids is 1. The fraction of sp³-hybridized carbons (Fsp3) is 0.765. The highest BCUT2D eigenvalue weighted by Gasteiger charge is 2.33. The first-order valence-electron chi connectivity index (χ1n) is 8.72. The van der Waals surface area contributed by atoms with Crippen LogP contribution in [-0.2, 0) is 0 Å². The molecule has 0 saturated carbocycles. The summed E-state index contributed by atoms with van der Waals surface area (Å²) in [4.78, 5) is 14.9. The molecule has 2 aliphatic rings. The molecule has 0 bridgehead atoms. The highest BCUT2D eigenvalue weighted by Crippen LogP contribution is 2.30. The molecule has 0 aliphatic carbocycles. The van der Waals surface area contributed by atoms with Crippen LogP contribution in [0.15, 0.2) is 6.07 Å². The number of aromatic nitrogens is 2. The van der Waals surface area contributed by atoms with E-state index < -0.39 is 0 Å². The van der Waals surface area contributed by atoms with Crippen molar-refractivity contribution in [3.05, 3.63) is 17.5 Å². The van der Waals surface area contributed by atoms with E-state index in [1.807, 2.05) is 6.07 Å². The highest BCUT2D eigenvalue weighted by molar-refractivity contribution is 5.92. The smallest absolute Gasteiger partial charge is 0.271 e. The predicted octanol–water partition coefficient (Wildman–Crippen LogP) is 2.53. The maximum absolute atomic E-state index is 12.3. The number of hydrogen-bond acceptors (Lipinski definition) is 3. The van der Waals surface area contributed by atoms with E-state index in [2.05, 4.69) is 34.3 Å². The van der Waals surface area contributed by atoms with Crippen molar-refractivity contribution in [1.82, 2.24) is 20.4 Å². The number of hydrogen-bond donors (Lipinski definition) is 2. The van der Waals surface area contributed by atoms with Crippen LogP contribution in [0.4, 0.5) is 0 Å². The second kappa shape index (κ2) is 6.82. The third-order valence-electron chi connectivity index (χ3n) is 5.21. The van der Waals surface area contributed by atoms with Crippen molar-refractivity contribution < 1.29 is 4.79 Å². The Labute approximate surface area is 132 Å². The number of nitrogens with one attached hydrogen (secondary N) is 2. The molecular weight excluding hydrogens is 276 g/mol. The summed E-state index contributed by atoms with van der Waals surface area (Å²) in [5, 5.41) is 10.2. The monoisotopic (exact) mass is 304 g/mol. The lowest BCUT2D eigenvalue weighted by Gasteiger charge is -2.44. The summed E-state index contributed by atoms with van der Waals surface area (Å²) in [5.41, 5.74) is 1.53. The summed E-state index contributed by atoms with van der Waals surface area (Å²) in [6.45, 7) is 7.45. The molecule has 0 spiro atoms. The molecule has 0 unspecified atom stereocenters. The van der Waals surface area contributed by atoms with E-state index in [1.54, 1.807) is 0 Å². The largest absolute Gasteiger partial charge is 0.350 e. The lowest BCUT2D eigenvalue weighted by atomic mass is 9.83. The van der Waals surface area contributed by atoms with Gasteiger partial charge >= 0.3 is 0 Å². The van der Waals surface area contributed by atoms with E-state index >= 15 is 0 Å². The van der Waals surface area contributed by atoms with Crippen LogP contribution in [0.2, 0.25) is 0 Å². The zero-order chi connectivity index (χ0) is 15.5. The number of aromatic amines is 1. The van der Waals surface area contributed by atoms with Gasteiger partial charge in [-0.15, -0.1) is 0 Å². The average molecular weight is 304 g/mol. The van der Waals surface area contributed by atoms with E-state index in [1.165, 1.54) is 45.2 Å². The van der Waals surface area contributed by atoms with E-state index in [4.69, 9.17) is 0 Å². The first-order valence-corrected chi connectivity index (χ1v) is 8.72. The molecular formula is C17H28N4O. The number of carbonyl (C=O) groups is 1. The van der Waals surface area contributed by atoms with E-state index in [-0.39, 0.29) is 5.91 Å². The molecule has 0 aromatic carbocycles. The van der Waals surface area contributed by atoms with Crippen LogP contribution in [0.1, 0.15) is 68.1 Å². The minimum Gasteiger partial charge on any atom is -0.350 e. The molecule has 1 amide bonds. The Morgan fingerprint density at radius 2 is 2.18 bits per heavy atom. The minimum atomic E-state index is -0.0453. The van der Waals surface area contributed by atoms with E-state index in [0.717, 1.165) is 12.2 Å². The maximum atomic E-state index is 12.3. The molecule has 2 saturated heterocycles. The molecule has 1 aromatic rings. The molecule has 5 nitrogen and oxygen atoms in total. The first kappa shape index (κ1) is 15.5. The van der Waals surface area contributed by atoms with Gasteiger partial charge in [0.05, 0.1) is 0 Å². The molecule has 5 heteroatoms. The van der Waals surface area contributed by atoms with Crippen LogP contribution >= 0.6 is 0 Å². The second-order valence-electron chi connectivity index (χ2n) is 7.07. The second-order valence-corrected chi connectivity index (χ2v) is 7.07. The lowest BCUT2D eigenvalue weighted by Crippen LogP contribution is -2.51. The Morgan fingerprint density at radius 1 is 1.36 bits per heavy atom. The molecule has 1 aromatic heterocycles. The Kier molecular flexibility index (Phi) is 4.81. The Bertz CT molecular complexity index is 509. The van der Waals surface area contributed by atoms with Gasteiger partial charge in [0.2, 0.25) is 0 Å². The quantitative estimate of drug-likeness (QED) is 0.898. The zero-order valence-corrected chi connectivity index (χ0v) is 13.8. The zero-order valence-electron chi connectivity index (χ0n) is 13.8. The van der Waals surface area contributed by atoms with Crippen molar-refractivity contribution in [2.24, 2.45) is 5.92 Å². The van der Waals surface area contributed by atoms with E-state index in [9.17, 15) is 4.79 Å². The molecule has 2 fully saturated rings. The third-order valence-corrected chi connectivity index (χ3v) is 5.21. The highest BCUT2D eigenvalue weighted by atomic mass is 16.1. The summed E-state index contributed by atoms with van der Waals surface area (Å²) in [6.07, 6.45) is 6.46. The third kappa shape index (κ3) is 3.35. The Morgan fingerprint density at radius 3 is 2.95 bits per heavy atom. The molecule has 3 rings (SSSR count). The van der Waals surface area contributed by atoms with Crippen LogP contribution in [0, 0.1) is 5.92 Å². The van der Waals surface area contributed by atoms with Crippen molar-refractivity contribution in [2.45, 2.75) is 57.9 Å². The molecule has 2 N–H and O–H groups in total. The molecule has 122 valence electrons. The van der Waals surface area contributed by atoms with Gasteiger partial charge in [-0.2, -0.15) is 5.10 Å². The van der Waals surface area contributed by atoms with Gasteiger partial charge in [0, 0.05) is 18.3 Å². The van der Waals surface area contributed by atoms with Crippen LogP contribution in [0.3, 0.4) is 0 Å². The topological polar surface area (TPSA) is 61.0 Å². The average Bonchev–Trinajstić information content (AvgIpc) is 3.03. The summed E-state index contributed by atoms with van der Waals surface area (Å²) >= 11 is 0. The van der Waals surface area contributed by atoms with Gasteiger partial charge in [0.25, 0.3) is 5.91 Å². The van der Waals surface area contributed by atoms with Crippen molar-refractivity contribution >= 4 is 5.91 Å². The predicted molar refractivity (Wildman–Crippen MR) is 86.9 cm³/mol. The summed E-state index contributed by atoms with van der Waals surface area (Å²) in [6, 6.07) is 2.54. The van der Waals surface area contributed by atoms with Gasteiger partial charge in [0.15, 0.2) is 0 Å². The summed E-state index contributed by atoms with van der Waals surface area (Å²) in [7, 11) is 0. The van der Waals surface area contributed by atoms with Crippen LogP contribution < -0.4 is 5.32 Å². The minimum absolute atomic E-state index is 0.0453. The molecule has 22 heavy (non-hydrogen) atoms. The fourth-order valence-corrected chi connectivity index (χ4v) is 3.88. The molecule has 3 heterocycles. The number of H-pyrrole nitrogens is 1. The molecule has 0 radical (unpaired) electrons. The first-order chi connectivity index (χ1) is 10.6. The number of rotatable bonds is 4. The lowest BCUT2D eigenvalue weighted by molar-refractivity contribution is 0.0575. The molecule has 2 atom stereocenters. The van der Waals surface area contributed by atoms with Crippen molar-refractivity contribution in [3.8, 4) is 0 Å². The van der Waals surface area contributed by atoms with E-state index in [0.29, 0.717) is 23.6 Å². The van der Waals surface area contributed by atoms with Crippen LogP contribution in [-0.4, -0.2) is 46.7 Å². The summed E-state index contributed by atoms with van der Waals surface area (Å²) in [5.74, 6) is 0.917. The van der Waals surface area contributed by atoms with Gasteiger partial charge in [0.1, 0.15) is 5.69 Å². The maximum Gasteiger partial charge on any atom is 0.271 e. The fourth-order valence-electron chi connectivity index (χ4n) is 3.88. The van der Waals surface area contributed by atoms with Gasteiger partial charge in [-0.25, -0.2) is 0 Å². The van der Waals surface area contributed by atoms with Crippen molar-refractivity contribution in [1.29, 1.82) is 0 Å². The Balaban J connectivity index is 1.55. The SMILES string of the molecule is CC(C)c1cc(C(=O)NC[C@H]2CCCN3CCCC[C@H]23)n[nH]1. The van der Waals surface area contributed by atoms with Gasteiger partial charge < -0.3 is 10.2 Å². The number of amides is 1.